The average Bonchev–Trinajstić information content (AvgIpc) is 2.29. The Bertz CT molecular complexity index is 270. The summed E-state index contributed by atoms with van der Waals surface area (Å²) in [5.74, 6) is 1.44. The summed E-state index contributed by atoms with van der Waals surface area (Å²) in [5, 5.41) is 10.5. The standard InChI is InChI=1S/C14H25NO/c1-14(2)10-8-11(14)13(16)12(9-10)15-6-4-3-5-7-15/h10-13,16H,3-9H2,1-2H3/t10-,11+,12-,13+/m1/s1. The van der Waals surface area contributed by atoms with Gasteiger partial charge in [-0.1, -0.05) is 20.3 Å². The first-order valence-electron chi connectivity index (χ1n) is 7.03. The quantitative estimate of drug-likeness (QED) is 0.737. The van der Waals surface area contributed by atoms with E-state index in [-0.39, 0.29) is 6.10 Å². The first-order chi connectivity index (χ1) is 7.60. The fourth-order valence-electron chi connectivity index (χ4n) is 4.35. The number of rotatable bonds is 1. The van der Waals surface area contributed by atoms with Gasteiger partial charge in [-0.15, -0.1) is 0 Å². The lowest BCUT2D eigenvalue weighted by Crippen LogP contribution is -2.64. The highest BCUT2D eigenvalue weighted by Gasteiger charge is 2.58. The molecule has 4 rings (SSSR count). The van der Waals surface area contributed by atoms with E-state index in [0.29, 0.717) is 17.4 Å². The fourth-order valence-corrected chi connectivity index (χ4v) is 4.35. The van der Waals surface area contributed by atoms with Gasteiger partial charge in [0.25, 0.3) is 0 Å². The maximum atomic E-state index is 10.5. The van der Waals surface area contributed by atoms with Crippen molar-refractivity contribution < 1.29 is 5.11 Å². The van der Waals surface area contributed by atoms with Crippen LogP contribution in [0, 0.1) is 17.3 Å². The summed E-state index contributed by atoms with van der Waals surface area (Å²) in [6.07, 6.45) is 6.52. The molecule has 4 aliphatic rings. The first-order valence-corrected chi connectivity index (χ1v) is 7.03. The summed E-state index contributed by atoms with van der Waals surface area (Å²) >= 11 is 0. The highest BCUT2D eigenvalue weighted by atomic mass is 16.3. The van der Waals surface area contributed by atoms with Crippen molar-refractivity contribution in [2.75, 3.05) is 13.1 Å². The van der Waals surface area contributed by atoms with Gasteiger partial charge in [0, 0.05) is 6.04 Å². The van der Waals surface area contributed by atoms with Crippen molar-refractivity contribution >= 4 is 0 Å². The van der Waals surface area contributed by atoms with Gasteiger partial charge in [0.2, 0.25) is 0 Å². The van der Waals surface area contributed by atoms with Gasteiger partial charge in [-0.25, -0.2) is 0 Å². The van der Waals surface area contributed by atoms with Crippen molar-refractivity contribution in [3.05, 3.63) is 0 Å². The van der Waals surface area contributed by atoms with E-state index in [9.17, 15) is 5.11 Å². The van der Waals surface area contributed by atoms with Crippen LogP contribution in [0.15, 0.2) is 0 Å². The summed E-state index contributed by atoms with van der Waals surface area (Å²) < 4.78 is 0. The predicted molar refractivity (Wildman–Crippen MR) is 65.2 cm³/mol. The number of likely N-dealkylation sites (tertiary alicyclic amines) is 1. The van der Waals surface area contributed by atoms with Gasteiger partial charge in [0.05, 0.1) is 6.10 Å². The molecule has 0 spiro atoms. The molecule has 2 bridgehead atoms. The summed E-state index contributed by atoms with van der Waals surface area (Å²) in [6, 6.07) is 0.483. The molecule has 1 saturated heterocycles. The third-order valence-electron chi connectivity index (χ3n) is 5.74. The number of aliphatic hydroxyl groups excluding tert-OH is 1. The zero-order valence-electron chi connectivity index (χ0n) is 10.7. The number of hydrogen-bond donors (Lipinski definition) is 1. The molecule has 2 heteroatoms. The third-order valence-corrected chi connectivity index (χ3v) is 5.74. The molecule has 0 aromatic heterocycles. The van der Waals surface area contributed by atoms with Gasteiger partial charge in [-0.2, -0.15) is 0 Å². The van der Waals surface area contributed by atoms with E-state index in [1.165, 1.54) is 45.2 Å². The molecular weight excluding hydrogens is 198 g/mol. The van der Waals surface area contributed by atoms with Crippen LogP contribution in [0.3, 0.4) is 0 Å². The second-order valence-electron chi connectivity index (χ2n) is 6.75. The van der Waals surface area contributed by atoms with Crippen molar-refractivity contribution in [1.82, 2.24) is 4.90 Å². The second-order valence-corrected chi connectivity index (χ2v) is 6.75. The molecule has 1 heterocycles. The van der Waals surface area contributed by atoms with E-state index in [0.717, 1.165) is 5.92 Å². The Kier molecular flexibility index (Phi) is 2.56. The van der Waals surface area contributed by atoms with Crippen LogP contribution in [0.25, 0.3) is 0 Å². The fraction of sp³-hybridized carbons (Fsp3) is 1.00. The normalized spacial score (nSPS) is 47.4. The highest BCUT2D eigenvalue weighted by Crippen LogP contribution is 2.59. The van der Waals surface area contributed by atoms with E-state index < -0.39 is 0 Å². The van der Waals surface area contributed by atoms with E-state index in [1.54, 1.807) is 0 Å². The van der Waals surface area contributed by atoms with Crippen LogP contribution in [0.1, 0.15) is 46.0 Å². The monoisotopic (exact) mass is 223 g/mol. The second kappa shape index (κ2) is 3.71. The summed E-state index contributed by atoms with van der Waals surface area (Å²) in [4.78, 5) is 2.57. The minimum Gasteiger partial charge on any atom is -0.391 e. The predicted octanol–water partition coefficient (Wildman–Crippen LogP) is 2.27. The molecule has 0 aromatic carbocycles. The number of fused-ring (bicyclic) bond motifs is 2. The number of nitrogens with zero attached hydrogens (tertiary/aromatic N) is 1. The van der Waals surface area contributed by atoms with Crippen LogP contribution in [0.5, 0.6) is 0 Å². The van der Waals surface area contributed by atoms with Crippen LogP contribution >= 0.6 is 0 Å². The minimum atomic E-state index is -0.0573. The Morgan fingerprint density at radius 1 is 1.06 bits per heavy atom. The molecule has 4 fully saturated rings. The molecule has 0 aromatic rings. The summed E-state index contributed by atoms with van der Waals surface area (Å²) in [6.45, 7) is 7.14. The van der Waals surface area contributed by atoms with Gasteiger partial charge < -0.3 is 5.11 Å². The molecule has 0 radical (unpaired) electrons. The van der Waals surface area contributed by atoms with Crippen molar-refractivity contribution in [3.63, 3.8) is 0 Å². The molecule has 0 amide bonds. The van der Waals surface area contributed by atoms with Crippen LogP contribution in [-0.4, -0.2) is 35.2 Å². The Hall–Kier alpha value is -0.0800. The largest absolute Gasteiger partial charge is 0.391 e. The summed E-state index contributed by atoms with van der Waals surface area (Å²) in [7, 11) is 0. The third kappa shape index (κ3) is 1.46. The minimum absolute atomic E-state index is 0.0573. The molecule has 1 N–H and O–H groups in total. The molecule has 1 aliphatic heterocycles. The van der Waals surface area contributed by atoms with Crippen LogP contribution in [0.2, 0.25) is 0 Å². The van der Waals surface area contributed by atoms with Gasteiger partial charge >= 0.3 is 0 Å². The van der Waals surface area contributed by atoms with Gasteiger partial charge in [0.1, 0.15) is 0 Å². The van der Waals surface area contributed by atoms with Gasteiger partial charge in [0.15, 0.2) is 0 Å². The average molecular weight is 223 g/mol. The molecule has 92 valence electrons. The van der Waals surface area contributed by atoms with E-state index in [1.807, 2.05) is 0 Å². The van der Waals surface area contributed by atoms with Crippen molar-refractivity contribution in [1.29, 1.82) is 0 Å². The Morgan fingerprint density at radius 3 is 2.31 bits per heavy atom. The SMILES string of the molecule is CC1(C)[C@H]2C[C@@H](N3CCCCC3)[C@@H](O)[C@@H]1C2. The van der Waals surface area contributed by atoms with E-state index >= 15 is 0 Å². The van der Waals surface area contributed by atoms with Crippen molar-refractivity contribution in [3.8, 4) is 0 Å². The molecule has 0 unspecified atom stereocenters. The van der Waals surface area contributed by atoms with Crippen molar-refractivity contribution in [2.24, 2.45) is 17.3 Å². The van der Waals surface area contributed by atoms with Gasteiger partial charge in [-0.3, -0.25) is 4.90 Å². The number of aliphatic hydroxyl groups is 1. The molecule has 4 atom stereocenters. The lowest BCUT2D eigenvalue weighted by molar-refractivity contribution is -0.178. The first kappa shape index (κ1) is 11.0. The number of piperidine rings is 1. The Morgan fingerprint density at radius 2 is 1.75 bits per heavy atom. The van der Waals surface area contributed by atoms with Crippen LogP contribution in [-0.2, 0) is 0 Å². The van der Waals surface area contributed by atoms with Gasteiger partial charge in [-0.05, 0) is 56.0 Å². The zero-order chi connectivity index (χ0) is 11.3. The van der Waals surface area contributed by atoms with E-state index in [4.69, 9.17) is 0 Å². The van der Waals surface area contributed by atoms with Crippen LogP contribution in [0.4, 0.5) is 0 Å². The zero-order valence-corrected chi connectivity index (χ0v) is 10.7. The summed E-state index contributed by atoms with van der Waals surface area (Å²) in [5.41, 5.74) is 0.408. The molecule has 3 saturated carbocycles. The maximum Gasteiger partial charge on any atom is 0.0728 e. The lowest BCUT2D eigenvalue weighted by Gasteiger charge is -2.62. The maximum absolute atomic E-state index is 10.5. The molecular formula is C14H25NO. The molecule has 16 heavy (non-hydrogen) atoms. The Balaban J connectivity index is 1.70. The molecule has 2 nitrogen and oxygen atoms in total. The smallest absolute Gasteiger partial charge is 0.0728 e. The van der Waals surface area contributed by atoms with E-state index in [2.05, 4.69) is 18.7 Å². The lowest BCUT2D eigenvalue weighted by atomic mass is 9.46. The molecule has 3 aliphatic carbocycles. The van der Waals surface area contributed by atoms with Crippen LogP contribution < -0.4 is 0 Å². The Labute approximate surface area is 99.0 Å². The highest BCUT2D eigenvalue weighted by molar-refractivity contribution is 5.09. The topological polar surface area (TPSA) is 23.5 Å². The number of hydrogen-bond acceptors (Lipinski definition) is 2. The van der Waals surface area contributed by atoms with Crippen molar-refractivity contribution in [2.45, 2.75) is 58.1 Å².